The molecular weight excluding hydrogens is 279 g/mol. The highest BCUT2D eigenvalue weighted by molar-refractivity contribution is 5.95. The smallest absolute Gasteiger partial charge is 0.251 e. The van der Waals surface area contributed by atoms with Gasteiger partial charge in [-0.25, -0.2) is 4.39 Å². The van der Waals surface area contributed by atoms with E-state index in [2.05, 4.69) is 5.32 Å². The molecule has 0 bridgehead atoms. The Hall–Kier alpha value is -1.13. The number of nitrogens with one attached hydrogen (secondary N) is 1. The van der Waals surface area contributed by atoms with E-state index in [1.54, 1.807) is 6.07 Å². The number of carbonyl (C=O) groups is 1. The highest BCUT2D eigenvalue weighted by Gasteiger charge is 2.20. The van der Waals surface area contributed by atoms with Crippen molar-refractivity contribution in [3.63, 3.8) is 0 Å². The molecular formula is C15H22ClFN2O. The van der Waals surface area contributed by atoms with Crippen LogP contribution in [0.2, 0.25) is 0 Å². The number of rotatable bonds is 3. The summed E-state index contributed by atoms with van der Waals surface area (Å²) in [6.45, 7) is 2.44. The van der Waals surface area contributed by atoms with Gasteiger partial charge in [0.2, 0.25) is 0 Å². The molecule has 1 fully saturated rings. The normalized spacial score (nSPS) is 21.9. The first-order valence-electron chi connectivity index (χ1n) is 6.86. The Balaban J connectivity index is 0.00000200. The van der Waals surface area contributed by atoms with Crippen molar-refractivity contribution < 1.29 is 9.18 Å². The van der Waals surface area contributed by atoms with Crippen molar-refractivity contribution in [1.82, 2.24) is 5.32 Å². The van der Waals surface area contributed by atoms with Crippen molar-refractivity contribution in [2.24, 2.45) is 11.7 Å². The second-order valence-electron chi connectivity index (χ2n) is 5.46. The molecule has 112 valence electrons. The molecule has 2 rings (SSSR count). The first-order chi connectivity index (χ1) is 9.06. The van der Waals surface area contributed by atoms with E-state index in [-0.39, 0.29) is 30.2 Å². The van der Waals surface area contributed by atoms with E-state index < -0.39 is 0 Å². The lowest BCUT2D eigenvalue weighted by molar-refractivity contribution is 0.0941. The Morgan fingerprint density at radius 1 is 1.45 bits per heavy atom. The molecule has 2 unspecified atom stereocenters. The molecule has 1 aliphatic rings. The van der Waals surface area contributed by atoms with Gasteiger partial charge in [-0.15, -0.1) is 12.4 Å². The summed E-state index contributed by atoms with van der Waals surface area (Å²) in [6.07, 6.45) is 4.27. The fourth-order valence-electron chi connectivity index (χ4n) is 2.69. The van der Waals surface area contributed by atoms with Crippen LogP contribution in [0.25, 0.3) is 0 Å². The molecule has 1 amide bonds. The second kappa shape index (κ2) is 7.60. The number of nitrogens with two attached hydrogens (primary N) is 1. The van der Waals surface area contributed by atoms with Gasteiger partial charge in [-0.3, -0.25) is 4.79 Å². The van der Waals surface area contributed by atoms with Crippen molar-refractivity contribution in [1.29, 1.82) is 0 Å². The molecule has 5 heteroatoms. The molecule has 1 aromatic carbocycles. The number of benzene rings is 1. The molecule has 1 aromatic rings. The van der Waals surface area contributed by atoms with Crippen LogP contribution in [0, 0.1) is 18.7 Å². The van der Waals surface area contributed by atoms with Gasteiger partial charge in [-0.1, -0.05) is 12.5 Å². The van der Waals surface area contributed by atoms with Gasteiger partial charge in [-0.05, 0) is 49.8 Å². The summed E-state index contributed by atoms with van der Waals surface area (Å²) in [5.74, 6) is -0.131. The number of halogens is 2. The van der Waals surface area contributed by atoms with Crippen LogP contribution >= 0.6 is 12.4 Å². The number of carbonyl (C=O) groups excluding carboxylic acids is 1. The van der Waals surface area contributed by atoms with Gasteiger partial charge >= 0.3 is 0 Å². The predicted molar refractivity (Wildman–Crippen MR) is 80.7 cm³/mol. The molecule has 2 atom stereocenters. The van der Waals surface area contributed by atoms with Crippen LogP contribution < -0.4 is 11.1 Å². The molecule has 0 spiro atoms. The molecule has 20 heavy (non-hydrogen) atoms. The van der Waals surface area contributed by atoms with Crippen molar-refractivity contribution in [3.8, 4) is 0 Å². The second-order valence-corrected chi connectivity index (χ2v) is 5.46. The average Bonchev–Trinajstić information content (AvgIpc) is 2.39. The van der Waals surface area contributed by atoms with Crippen molar-refractivity contribution in [3.05, 3.63) is 35.1 Å². The minimum absolute atomic E-state index is 0. The van der Waals surface area contributed by atoms with E-state index >= 15 is 0 Å². The van der Waals surface area contributed by atoms with E-state index in [0.29, 0.717) is 18.0 Å². The first-order valence-corrected chi connectivity index (χ1v) is 6.86. The van der Waals surface area contributed by atoms with Gasteiger partial charge in [0, 0.05) is 18.2 Å². The van der Waals surface area contributed by atoms with E-state index in [1.807, 2.05) is 6.92 Å². The molecule has 1 saturated carbocycles. The van der Waals surface area contributed by atoms with Crippen LogP contribution in [0.1, 0.15) is 41.6 Å². The van der Waals surface area contributed by atoms with Crippen LogP contribution in [0.5, 0.6) is 0 Å². The fourth-order valence-corrected chi connectivity index (χ4v) is 2.69. The number of hydrogen-bond acceptors (Lipinski definition) is 2. The molecule has 1 aliphatic carbocycles. The number of aryl methyl sites for hydroxylation is 1. The summed E-state index contributed by atoms with van der Waals surface area (Å²) in [7, 11) is 0. The summed E-state index contributed by atoms with van der Waals surface area (Å²) in [5, 5.41) is 2.90. The summed E-state index contributed by atoms with van der Waals surface area (Å²) in [4.78, 5) is 12.0. The Morgan fingerprint density at radius 3 is 2.90 bits per heavy atom. The van der Waals surface area contributed by atoms with Crippen LogP contribution in [-0.4, -0.2) is 18.5 Å². The standard InChI is InChI=1S/C15H21FN2O.ClH/c1-10-5-6-12(16)8-14(10)15(19)18-9-11-3-2-4-13(17)7-11;/h5-6,8,11,13H,2-4,7,9,17H2,1H3,(H,18,19);1H. The molecule has 0 aromatic heterocycles. The Morgan fingerprint density at radius 2 is 2.20 bits per heavy atom. The minimum Gasteiger partial charge on any atom is -0.352 e. The molecule has 0 heterocycles. The summed E-state index contributed by atoms with van der Waals surface area (Å²) in [6, 6.07) is 4.54. The largest absolute Gasteiger partial charge is 0.352 e. The van der Waals surface area contributed by atoms with Gasteiger partial charge in [0.1, 0.15) is 5.82 Å². The van der Waals surface area contributed by atoms with Crippen molar-refractivity contribution in [2.45, 2.75) is 38.6 Å². The topological polar surface area (TPSA) is 55.1 Å². The van der Waals surface area contributed by atoms with Crippen LogP contribution in [0.3, 0.4) is 0 Å². The average molecular weight is 301 g/mol. The molecule has 0 aliphatic heterocycles. The SMILES string of the molecule is Cc1ccc(F)cc1C(=O)NCC1CCCC(N)C1.Cl. The van der Waals surface area contributed by atoms with Gasteiger partial charge in [0.25, 0.3) is 5.91 Å². The molecule has 0 radical (unpaired) electrons. The zero-order valence-electron chi connectivity index (χ0n) is 11.7. The maximum Gasteiger partial charge on any atom is 0.251 e. The lowest BCUT2D eigenvalue weighted by Gasteiger charge is -2.26. The third kappa shape index (κ3) is 4.46. The summed E-state index contributed by atoms with van der Waals surface area (Å²) in [5.41, 5.74) is 7.13. The molecule has 3 N–H and O–H groups in total. The highest BCUT2D eigenvalue weighted by Crippen LogP contribution is 2.22. The van der Waals surface area contributed by atoms with Gasteiger partial charge in [0.05, 0.1) is 0 Å². The zero-order chi connectivity index (χ0) is 13.8. The lowest BCUT2D eigenvalue weighted by atomic mass is 9.86. The van der Waals surface area contributed by atoms with Gasteiger partial charge in [-0.2, -0.15) is 0 Å². The number of hydrogen-bond donors (Lipinski definition) is 2. The number of amides is 1. The minimum atomic E-state index is -0.379. The maximum atomic E-state index is 13.2. The Labute approximate surface area is 125 Å². The highest BCUT2D eigenvalue weighted by atomic mass is 35.5. The third-order valence-electron chi connectivity index (χ3n) is 3.82. The van der Waals surface area contributed by atoms with E-state index in [4.69, 9.17) is 5.73 Å². The van der Waals surface area contributed by atoms with Gasteiger partial charge < -0.3 is 11.1 Å². The van der Waals surface area contributed by atoms with E-state index in [0.717, 1.165) is 31.2 Å². The third-order valence-corrected chi connectivity index (χ3v) is 3.82. The zero-order valence-corrected chi connectivity index (χ0v) is 12.5. The Kier molecular flexibility index (Phi) is 6.43. The van der Waals surface area contributed by atoms with E-state index in [1.165, 1.54) is 12.1 Å². The maximum absolute atomic E-state index is 13.2. The monoisotopic (exact) mass is 300 g/mol. The van der Waals surface area contributed by atoms with Gasteiger partial charge in [0.15, 0.2) is 0 Å². The van der Waals surface area contributed by atoms with Crippen molar-refractivity contribution >= 4 is 18.3 Å². The fraction of sp³-hybridized carbons (Fsp3) is 0.533. The summed E-state index contributed by atoms with van der Waals surface area (Å²) < 4.78 is 13.2. The van der Waals surface area contributed by atoms with Crippen LogP contribution in [0.15, 0.2) is 18.2 Å². The van der Waals surface area contributed by atoms with Crippen LogP contribution in [0.4, 0.5) is 4.39 Å². The quantitative estimate of drug-likeness (QED) is 0.902. The molecule has 3 nitrogen and oxygen atoms in total. The molecule has 0 saturated heterocycles. The first kappa shape index (κ1) is 16.9. The predicted octanol–water partition coefficient (Wildman–Crippen LogP) is 2.80. The van der Waals surface area contributed by atoms with Crippen LogP contribution in [-0.2, 0) is 0 Å². The Bertz CT molecular complexity index is 467. The summed E-state index contributed by atoms with van der Waals surface area (Å²) >= 11 is 0. The van der Waals surface area contributed by atoms with Crippen molar-refractivity contribution in [2.75, 3.05) is 6.54 Å². The van der Waals surface area contributed by atoms with E-state index in [9.17, 15) is 9.18 Å². The lowest BCUT2D eigenvalue weighted by Crippen LogP contribution is -2.35.